The molecule has 0 atom stereocenters. The molecule has 0 aliphatic carbocycles. The Hall–Kier alpha value is -2.00. The van der Waals surface area contributed by atoms with Gasteiger partial charge in [0, 0.05) is 4.90 Å². The van der Waals surface area contributed by atoms with Gasteiger partial charge in [0.15, 0.2) is 0 Å². The summed E-state index contributed by atoms with van der Waals surface area (Å²) in [6.07, 6.45) is 4.14. The first-order chi connectivity index (χ1) is 9.24. The number of hydrogen-bond acceptors (Lipinski definition) is 2. The van der Waals surface area contributed by atoms with Crippen LogP contribution in [0.4, 0.5) is 0 Å². The summed E-state index contributed by atoms with van der Waals surface area (Å²) in [4.78, 5) is 11.7. The molecule has 0 saturated carbocycles. The van der Waals surface area contributed by atoms with Gasteiger partial charge < -0.3 is 5.73 Å². The van der Waals surface area contributed by atoms with Crippen molar-refractivity contribution in [3.05, 3.63) is 65.7 Å². The highest BCUT2D eigenvalue weighted by atomic mass is 32.2. The van der Waals surface area contributed by atoms with Gasteiger partial charge >= 0.3 is 0 Å². The molecular formula is C16H15NOS. The number of thioether (sulfide) groups is 1. The van der Waals surface area contributed by atoms with Crippen LogP contribution in [0.5, 0.6) is 0 Å². The minimum atomic E-state index is -0.293. The molecule has 96 valence electrons. The lowest BCUT2D eigenvalue weighted by Gasteiger charge is -2.00. The zero-order valence-electron chi connectivity index (χ0n) is 10.5. The smallest absolute Gasteiger partial charge is 0.227 e. The molecule has 0 saturated heterocycles. The maximum absolute atomic E-state index is 10.7. The summed E-state index contributed by atoms with van der Waals surface area (Å²) >= 11 is 1.45. The van der Waals surface area contributed by atoms with Gasteiger partial charge in [-0.15, -0.1) is 11.8 Å². The third kappa shape index (κ3) is 4.64. The third-order valence-electron chi connectivity index (χ3n) is 2.53. The molecule has 0 radical (unpaired) electrons. The van der Waals surface area contributed by atoms with Crippen molar-refractivity contribution in [1.82, 2.24) is 0 Å². The minimum Gasteiger partial charge on any atom is -0.369 e. The first kappa shape index (κ1) is 13.4. The Morgan fingerprint density at radius 2 is 1.53 bits per heavy atom. The van der Waals surface area contributed by atoms with Crippen LogP contribution in [-0.4, -0.2) is 11.7 Å². The highest BCUT2D eigenvalue weighted by molar-refractivity contribution is 8.00. The number of primary amides is 1. The summed E-state index contributed by atoms with van der Waals surface area (Å²) in [5.41, 5.74) is 7.42. The number of benzene rings is 2. The van der Waals surface area contributed by atoms with Gasteiger partial charge in [0.1, 0.15) is 0 Å². The van der Waals surface area contributed by atoms with Crippen LogP contribution in [0.3, 0.4) is 0 Å². The van der Waals surface area contributed by atoms with Crippen LogP contribution >= 0.6 is 11.8 Å². The Kier molecular flexibility index (Phi) is 4.81. The first-order valence-corrected chi connectivity index (χ1v) is 6.97. The van der Waals surface area contributed by atoms with Crippen LogP contribution in [0.1, 0.15) is 11.1 Å². The molecule has 2 N–H and O–H groups in total. The first-order valence-electron chi connectivity index (χ1n) is 5.98. The molecule has 1 amide bonds. The van der Waals surface area contributed by atoms with Crippen molar-refractivity contribution >= 4 is 29.8 Å². The molecule has 0 unspecified atom stereocenters. The van der Waals surface area contributed by atoms with Crippen molar-refractivity contribution in [2.24, 2.45) is 5.73 Å². The molecular weight excluding hydrogens is 254 g/mol. The summed E-state index contributed by atoms with van der Waals surface area (Å²) in [7, 11) is 0. The Morgan fingerprint density at radius 3 is 2.11 bits per heavy atom. The minimum absolute atomic E-state index is 0.293. The van der Waals surface area contributed by atoms with E-state index in [0.29, 0.717) is 5.75 Å². The lowest BCUT2D eigenvalue weighted by Crippen LogP contribution is -2.12. The van der Waals surface area contributed by atoms with E-state index in [0.717, 1.165) is 10.5 Å². The quantitative estimate of drug-likeness (QED) is 0.667. The Morgan fingerprint density at radius 1 is 0.947 bits per heavy atom. The standard InChI is InChI=1S/C16H15NOS/c17-16(18)12-19-15-10-8-14(9-11-15)7-6-13-4-2-1-3-5-13/h1-11H,12H2,(H2,17,18)/b7-6+. The molecule has 0 fully saturated rings. The normalized spacial score (nSPS) is 10.7. The fourth-order valence-corrected chi connectivity index (χ4v) is 2.22. The third-order valence-corrected chi connectivity index (χ3v) is 3.56. The highest BCUT2D eigenvalue weighted by Gasteiger charge is 1.97. The van der Waals surface area contributed by atoms with Crippen LogP contribution < -0.4 is 5.73 Å². The highest BCUT2D eigenvalue weighted by Crippen LogP contribution is 2.18. The summed E-state index contributed by atoms with van der Waals surface area (Å²) < 4.78 is 0. The van der Waals surface area contributed by atoms with Crippen molar-refractivity contribution in [3.63, 3.8) is 0 Å². The second-order valence-corrected chi connectivity index (χ2v) is 5.12. The number of rotatable bonds is 5. The number of nitrogens with two attached hydrogens (primary N) is 1. The molecule has 19 heavy (non-hydrogen) atoms. The number of hydrogen-bond donors (Lipinski definition) is 1. The van der Waals surface area contributed by atoms with Crippen molar-refractivity contribution in [1.29, 1.82) is 0 Å². The predicted octanol–water partition coefficient (Wildman–Crippen LogP) is 3.43. The van der Waals surface area contributed by atoms with Gasteiger partial charge in [0.2, 0.25) is 5.91 Å². The van der Waals surface area contributed by atoms with Gasteiger partial charge in [-0.05, 0) is 23.3 Å². The zero-order valence-corrected chi connectivity index (χ0v) is 11.3. The van der Waals surface area contributed by atoms with Crippen LogP contribution in [0.15, 0.2) is 59.5 Å². The molecule has 0 aliphatic heterocycles. The van der Waals surface area contributed by atoms with E-state index >= 15 is 0 Å². The molecule has 0 spiro atoms. The molecule has 2 aromatic rings. The summed E-state index contributed by atoms with van der Waals surface area (Å²) in [6.45, 7) is 0. The molecule has 2 aromatic carbocycles. The maximum atomic E-state index is 10.7. The molecule has 0 aromatic heterocycles. The molecule has 0 aliphatic rings. The van der Waals surface area contributed by atoms with E-state index in [1.165, 1.54) is 17.3 Å². The summed E-state index contributed by atoms with van der Waals surface area (Å²) in [6, 6.07) is 18.2. The van der Waals surface area contributed by atoms with Crippen molar-refractivity contribution in [2.75, 3.05) is 5.75 Å². The topological polar surface area (TPSA) is 43.1 Å². The Balaban J connectivity index is 1.99. The molecule has 0 bridgehead atoms. The number of carbonyl (C=O) groups is 1. The lowest BCUT2D eigenvalue weighted by atomic mass is 10.1. The largest absolute Gasteiger partial charge is 0.369 e. The van der Waals surface area contributed by atoms with E-state index in [-0.39, 0.29) is 5.91 Å². The summed E-state index contributed by atoms with van der Waals surface area (Å²) in [5, 5.41) is 0. The number of amides is 1. The molecule has 2 nitrogen and oxygen atoms in total. The maximum Gasteiger partial charge on any atom is 0.227 e. The molecule has 0 heterocycles. The van der Waals surface area contributed by atoms with Crippen LogP contribution in [0.25, 0.3) is 12.2 Å². The van der Waals surface area contributed by atoms with Gasteiger partial charge in [-0.25, -0.2) is 0 Å². The second kappa shape index (κ2) is 6.81. The SMILES string of the molecule is NC(=O)CSc1ccc(/C=C/c2ccccc2)cc1. The van der Waals surface area contributed by atoms with Crippen LogP contribution in [0.2, 0.25) is 0 Å². The number of carbonyl (C=O) groups excluding carboxylic acids is 1. The van der Waals surface area contributed by atoms with Crippen molar-refractivity contribution < 1.29 is 4.79 Å². The fourth-order valence-electron chi connectivity index (χ4n) is 1.59. The predicted molar refractivity (Wildman–Crippen MR) is 81.7 cm³/mol. The monoisotopic (exact) mass is 269 g/mol. The van der Waals surface area contributed by atoms with E-state index in [1.807, 2.05) is 42.5 Å². The lowest BCUT2D eigenvalue weighted by molar-refractivity contribution is -0.115. The van der Waals surface area contributed by atoms with Crippen molar-refractivity contribution in [2.45, 2.75) is 4.90 Å². The Labute approximate surface area is 117 Å². The van der Waals surface area contributed by atoms with Gasteiger partial charge in [-0.1, -0.05) is 54.6 Å². The van der Waals surface area contributed by atoms with Crippen LogP contribution in [-0.2, 0) is 4.79 Å². The molecule has 3 heteroatoms. The summed E-state index contributed by atoms with van der Waals surface area (Å²) in [5.74, 6) is 0.0252. The fraction of sp³-hybridized carbons (Fsp3) is 0.0625. The van der Waals surface area contributed by atoms with Gasteiger partial charge in [0.05, 0.1) is 5.75 Å². The van der Waals surface area contributed by atoms with Gasteiger partial charge in [-0.3, -0.25) is 4.79 Å². The van der Waals surface area contributed by atoms with E-state index in [9.17, 15) is 4.79 Å². The Bertz CT molecular complexity index is 561. The van der Waals surface area contributed by atoms with E-state index < -0.39 is 0 Å². The average Bonchev–Trinajstić information content (AvgIpc) is 2.45. The van der Waals surface area contributed by atoms with E-state index in [1.54, 1.807) is 0 Å². The zero-order chi connectivity index (χ0) is 13.5. The van der Waals surface area contributed by atoms with E-state index in [2.05, 4.69) is 24.3 Å². The average molecular weight is 269 g/mol. The van der Waals surface area contributed by atoms with E-state index in [4.69, 9.17) is 5.73 Å². The van der Waals surface area contributed by atoms with Crippen molar-refractivity contribution in [3.8, 4) is 0 Å². The van der Waals surface area contributed by atoms with Crippen LogP contribution in [0, 0.1) is 0 Å². The van der Waals surface area contributed by atoms with Gasteiger partial charge in [-0.2, -0.15) is 0 Å². The van der Waals surface area contributed by atoms with Gasteiger partial charge in [0.25, 0.3) is 0 Å². The molecule has 2 rings (SSSR count). The second-order valence-electron chi connectivity index (χ2n) is 4.07.